The summed E-state index contributed by atoms with van der Waals surface area (Å²) in [4.78, 5) is 9.73. The van der Waals surface area contributed by atoms with Crippen LogP contribution < -0.4 is 5.32 Å². The van der Waals surface area contributed by atoms with Crippen molar-refractivity contribution >= 4 is 5.82 Å². The Morgan fingerprint density at radius 1 is 1.10 bits per heavy atom. The quantitative estimate of drug-likeness (QED) is 0.809. The summed E-state index contributed by atoms with van der Waals surface area (Å²) < 4.78 is 5.97. The number of nitrogens with zero attached hydrogens (tertiary/aromatic N) is 2. The molecule has 1 aliphatic rings. The highest BCUT2D eigenvalue weighted by molar-refractivity contribution is 5.47. The Bertz CT molecular complexity index is 475. The molecule has 1 N–H and O–H groups in total. The minimum Gasteiger partial charge on any atom is -0.370 e. The fourth-order valence-corrected chi connectivity index (χ4v) is 2.96. The third-order valence-corrected chi connectivity index (χ3v) is 4.39. The van der Waals surface area contributed by atoms with E-state index in [2.05, 4.69) is 26.1 Å². The molecule has 0 aromatic carbocycles. The van der Waals surface area contributed by atoms with E-state index in [1.807, 2.05) is 6.92 Å². The molecule has 1 aromatic rings. The van der Waals surface area contributed by atoms with E-state index in [0.717, 1.165) is 37.4 Å². The summed E-state index contributed by atoms with van der Waals surface area (Å²) in [5.41, 5.74) is 2.17. The molecule has 1 aliphatic carbocycles. The molecule has 0 saturated heterocycles. The van der Waals surface area contributed by atoms with E-state index in [-0.39, 0.29) is 5.60 Å². The summed E-state index contributed by atoms with van der Waals surface area (Å²) in [5.74, 6) is 1.86. The molecule has 0 fully saturated rings. The number of hydrogen-bond acceptors (Lipinski definition) is 4. The molecule has 21 heavy (non-hydrogen) atoms. The van der Waals surface area contributed by atoms with Crippen molar-refractivity contribution in [2.75, 3.05) is 18.5 Å². The normalized spacial score (nSPS) is 17.7. The van der Waals surface area contributed by atoms with Crippen LogP contribution in [-0.4, -0.2) is 23.1 Å². The predicted octanol–water partition coefficient (Wildman–Crippen LogP) is 3.84. The molecule has 0 bridgehead atoms. The number of anilines is 1. The molecule has 2 rings (SSSR count). The van der Waals surface area contributed by atoms with Crippen LogP contribution >= 0.6 is 0 Å². The van der Waals surface area contributed by atoms with Gasteiger partial charge < -0.3 is 10.1 Å². The standard InChI is InChI=1S/C17H29N3O/c1-5-17(4,21-7-3)16-19-14-12-10-8-9-11-13(14)15(20-16)18-6-2/h5-12H2,1-4H3,(H,18,19,20). The average molecular weight is 291 g/mol. The van der Waals surface area contributed by atoms with Crippen molar-refractivity contribution in [3.05, 3.63) is 17.1 Å². The van der Waals surface area contributed by atoms with E-state index in [0.29, 0.717) is 6.61 Å². The van der Waals surface area contributed by atoms with Crippen LogP contribution in [-0.2, 0) is 23.2 Å². The van der Waals surface area contributed by atoms with Crippen LogP contribution in [0.25, 0.3) is 0 Å². The van der Waals surface area contributed by atoms with Crippen LogP contribution in [0, 0.1) is 0 Å². The molecule has 0 radical (unpaired) electrons. The van der Waals surface area contributed by atoms with E-state index >= 15 is 0 Å². The Labute approximate surface area is 128 Å². The van der Waals surface area contributed by atoms with Crippen molar-refractivity contribution < 1.29 is 4.74 Å². The van der Waals surface area contributed by atoms with Crippen molar-refractivity contribution in [2.45, 2.75) is 71.8 Å². The number of nitrogens with one attached hydrogen (secondary N) is 1. The fraction of sp³-hybridized carbons (Fsp3) is 0.765. The van der Waals surface area contributed by atoms with Gasteiger partial charge in [0.15, 0.2) is 5.82 Å². The lowest BCUT2D eigenvalue weighted by atomic mass is 10.0. The molecule has 0 spiro atoms. The van der Waals surface area contributed by atoms with Crippen LogP contribution in [0.3, 0.4) is 0 Å². The molecular formula is C17H29N3O. The topological polar surface area (TPSA) is 47.0 Å². The highest BCUT2D eigenvalue weighted by Crippen LogP contribution is 2.31. The van der Waals surface area contributed by atoms with Crippen molar-refractivity contribution in [1.29, 1.82) is 0 Å². The van der Waals surface area contributed by atoms with Crippen LogP contribution in [0.15, 0.2) is 0 Å². The molecule has 0 saturated carbocycles. The Hall–Kier alpha value is -1.16. The van der Waals surface area contributed by atoms with Gasteiger partial charge >= 0.3 is 0 Å². The highest BCUT2D eigenvalue weighted by atomic mass is 16.5. The number of aromatic nitrogens is 2. The van der Waals surface area contributed by atoms with E-state index in [1.165, 1.54) is 30.5 Å². The maximum Gasteiger partial charge on any atom is 0.162 e. The molecule has 118 valence electrons. The molecule has 4 nitrogen and oxygen atoms in total. The maximum atomic E-state index is 5.97. The fourth-order valence-electron chi connectivity index (χ4n) is 2.96. The third-order valence-electron chi connectivity index (χ3n) is 4.39. The van der Waals surface area contributed by atoms with Gasteiger partial charge in [-0.15, -0.1) is 0 Å². The van der Waals surface area contributed by atoms with Gasteiger partial charge in [0.2, 0.25) is 0 Å². The molecule has 1 aromatic heterocycles. The second-order valence-electron chi connectivity index (χ2n) is 5.93. The molecule has 1 atom stereocenters. The van der Waals surface area contributed by atoms with Crippen molar-refractivity contribution in [3.63, 3.8) is 0 Å². The van der Waals surface area contributed by atoms with E-state index in [1.54, 1.807) is 0 Å². The minimum atomic E-state index is -0.389. The lowest BCUT2D eigenvalue weighted by Crippen LogP contribution is -2.29. The van der Waals surface area contributed by atoms with E-state index < -0.39 is 0 Å². The van der Waals surface area contributed by atoms with Crippen LogP contribution in [0.1, 0.15) is 70.5 Å². The summed E-state index contributed by atoms with van der Waals surface area (Å²) in [7, 11) is 0. The Morgan fingerprint density at radius 2 is 1.86 bits per heavy atom. The SMILES string of the molecule is CCNc1nc(C(C)(CC)OCC)nc2c1CCCCC2. The van der Waals surface area contributed by atoms with E-state index in [9.17, 15) is 0 Å². The summed E-state index contributed by atoms with van der Waals surface area (Å²) in [6.45, 7) is 9.96. The molecule has 0 aliphatic heterocycles. The first-order valence-corrected chi connectivity index (χ1v) is 8.42. The van der Waals surface area contributed by atoms with Gasteiger partial charge in [-0.3, -0.25) is 0 Å². The lowest BCUT2D eigenvalue weighted by molar-refractivity contribution is -0.0391. The number of fused-ring (bicyclic) bond motifs is 1. The molecule has 0 amide bonds. The van der Waals surface area contributed by atoms with Gasteiger partial charge in [0.25, 0.3) is 0 Å². The summed E-state index contributed by atoms with van der Waals surface area (Å²) in [6.07, 6.45) is 6.79. The monoisotopic (exact) mass is 291 g/mol. The maximum absolute atomic E-state index is 5.97. The largest absolute Gasteiger partial charge is 0.370 e. The number of hydrogen-bond donors (Lipinski definition) is 1. The molecular weight excluding hydrogens is 262 g/mol. The zero-order valence-electron chi connectivity index (χ0n) is 14.0. The van der Waals surface area contributed by atoms with Crippen LogP contribution in [0.4, 0.5) is 5.82 Å². The van der Waals surface area contributed by atoms with Crippen LogP contribution in [0.5, 0.6) is 0 Å². The van der Waals surface area contributed by atoms with Gasteiger partial charge in [0, 0.05) is 24.4 Å². The Kier molecular flexibility index (Phi) is 5.57. The van der Waals surface area contributed by atoms with Gasteiger partial charge in [0.1, 0.15) is 11.4 Å². The molecule has 4 heteroatoms. The van der Waals surface area contributed by atoms with Crippen molar-refractivity contribution in [2.24, 2.45) is 0 Å². The van der Waals surface area contributed by atoms with Gasteiger partial charge in [0.05, 0.1) is 0 Å². The first-order chi connectivity index (χ1) is 10.1. The zero-order valence-corrected chi connectivity index (χ0v) is 14.0. The summed E-state index contributed by atoms with van der Waals surface area (Å²) >= 11 is 0. The van der Waals surface area contributed by atoms with Crippen LogP contribution in [0.2, 0.25) is 0 Å². The lowest BCUT2D eigenvalue weighted by Gasteiger charge is -2.28. The van der Waals surface area contributed by atoms with Crippen molar-refractivity contribution in [3.8, 4) is 0 Å². The Morgan fingerprint density at radius 3 is 2.52 bits per heavy atom. The van der Waals surface area contributed by atoms with Gasteiger partial charge in [-0.25, -0.2) is 9.97 Å². The second kappa shape index (κ2) is 7.21. The second-order valence-corrected chi connectivity index (χ2v) is 5.93. The number of aryl methyl sites for hydroxylation is 1. The first kappa shape index (κ1) is 16.2. The average Bonchev–Trinajstić information content (AvgIpc) is 2.73. The Balaban J connectivity index is 2.47. The minimum absolute atomic E-state index is 0.389. The zero-order chi connectivity index (χ0) is 15.3. The number of ether oxygens (including phenoxy) is 1. The molecule has 1 heterocycles. The number of rotatable bonds is 6. The third kappa shape index (κ3) is 3.54. The summed E-state index contributed by atoms with van der Waals surface area (Å²) in [5, 5.41) is 3.44. The smallest absolute Gasteiger partial charge is 0.162 e. The van der Waals surface area contributed by atoms with Gasteiger partial charge in [-0.05, 0) is 52.9 Å². The van der Waals surface area contributed by atoms with Gasteiger partial charge in [-0.1, -0.05) is 13.3 Å². The summed E-state index contributed by atoms with van der Waals surface area (Å²) in [6, 6.07) is 0. The van der Waals surface area contributed by atoms with E-state index in [4.69, 9.17) is 14.7 Å². The predicted molar refractivity (Wildman–Crippen MR) is 86.7 cm³/mol. The van der Waals surface area contributed by atoms with Crippen molar-refractivity contribution in [1.82, 2.24) is 9.97 Å². The first-order valence-electron chi connectivity index (χ1n) is 8.42. The highest BCUT2D eigenvalue weighted by Gasteiger charge is 2.30. The van der Waals surface area contributed by atoms with Gasteiger partial charge in [-0.2, -0.15) is 0 Å². The molecule has 1 unspecified atom stereocenters.